The van der Waals surface area contributed by atoms with Gasteiger partial charge in [0.25, 0.3) is 5.91 Å². The molecule has 0 bridgehead atoms. The first-order valence-corrected chi connectivity index (χ1v) is 7.67. The zero-order valence-electron chi connectivity index (χ0n) is 12.8. The third kappa shape index (κ3) is 4.04. The number of rotatable bonds is 5. The van der Waals surface area contributed by atoms with Crippen molar-refractivity contribution in [3.05, 3.63) is 54.1 Å². The van der Waals surface area contributed by atoms with Crippen molar-refractivity contribution in [1.82, 2.24) is 14.9 Å². The number of carbonyl (C=O) groups is 1. The van der Waals surface area contributed by atoms with Crippen LogP contribution in [0, 0.1) is 0 Å². The Morgan fingerprint density at radius 2 is 2.13 bits per heavy atom. The molecule has 0 aliphatic carbocycles. The highest BCUT2D eigenvalue weighted by atomic mass is 16.5. The molecule has 6 nitrogen and oxygen atoms in total. The Balaban J connectivity index is 1.78. The van der Waals surface area contributed by atoms with E-state index >= 15 is 0 Å². The van der Waals surface area contributed by atoms with Crippen LogP contribution in [0.1, 0.15) is 28.9 Å². The molecular weight excluding hydrogens is 294 g/mol. The van der Waals surface area contributed by atoms with Gasteiger partial charge in [-0.15, -0.1) is 0 Å². The van der Waals surface area contributed by atoms with E-state index in [1.54, 1.807) is 17.3 Å². The molecule has 3 heterocycles. The first-order chi connectivity index (χ1) is 11.2. The summed E-state index contributed by atoms with van der Waals surface area (Å²) in [7, 11) is 0. The predicted octanol–water partition coefficient (Wildman–Crippen LogP) is 2.00. The summed E-state index contributed by atoms with van der Waals surface area (Å²) in [4.78, 5) is 22.5. The number of hydrogen-bond acceptors (Lipinski definition) is 5. The largest absolute Gasteiger partial charge is 0.506 e. The van der Waals surface area contributed by atoms with Crippen LogP contribution in [-0.4, -0.2) is 45.1 Å². The first-order valence-electron chi connectivity index (χ1n) is 7.67. The minimum absolute atomic E-state index is 0.0429. The van der Waals surface area contributed by atoms with Crippen LogP contribution in [0.5, 0.6) is 5.75 Å². The van der Waals surface area contributed by atoms with E-state index in [0.29, 0.717) is 18.8 Å². The molecule has 2 aromatic rings. The molecule has 1 aliphatic heterocycles. The molecule has 0 unspecified atom stereocenters. The normalized spacial score (nSPS) is 17.1. The van der Waals surface area contributed by atoms with E-state index in [1.165, 1.54) is 18.3 Å². The van der Waals surface area contributed by atoms with Gasteiger partial charge in [-0.25, -0.2) is 4.98 Å². The molecule has 1 saturated heterocycles. The van der Waals surface area contributed by atoms with E-state index in [2.05, 4.69) is 9.97 Å². The number of carbonyl (C=O) groups excluding carboxylic acids is 1. The van der Waals surface area contributed by atoms with Gasteiger partial charge in [0.1, 0.15) is 11.4 Å². The minimum Gasteiger partial charge on any atom is -0.506 e. The Morgan fingerprint density at radius 3 is 2.78 bits per heavy atom. The minimum atomic E-state index is -0.169. The monoisotopic (exact) mass is 313 g/mol. The van der Waals surface area contributed by atoms with Crippen molar-refractivity contribution < 1.29 is 14.6 Å². The quantitative estimate of drug-likeness (QED) is 0.914. The fraction of sp³-hybridized carbons (Fsp3) is 0.353. The predicted molar refractivity (Wildman–Crippen MR) is 83.9 cm³/mol. The van der Waals surface area contributed by atoms with Crippen LogP contribution in [0.2, 0.25) is 0 Å². The molecule has 1 N–H and O–H groups in total. The second-order valence-corrected chi connectivity index (χ2v) is 5.58. The van der Waals surface area contributed by atoms with Gasteiger partial charge in [0.2, 0.25) is 0 Å². The van der Waals surface area contributed by atoms with Gasteiger partial charge in [-0.05, 0) is 42.7 Å². The van der Waals surface area contributed by atoms with Crippen molar-refractivity contribution in [3.8, 4) is 5.75 Å². The van der Waals surface area contributed by atoms with Crippen LogP contribution in [-0.2, 0) is 11.3 Å². The molecule has 1 fully saturated rings. The topological polar surface area (TPSA) is 75.5 Å². The molecule has 1 aliphatic rings. The third-order valence-electron chi connectivity index (χ3n) is 3.83. The van der Waals surface area contributed by atoms with Crippen LogP contribution in [0.4, 0.5) is 0 Å². The Labute approximate surface area is 134 Å². The number of nitrogens with zero attached hydrogens (tertiary/aromatic N) is 3. The third-order valence-corrected chi connectivity index (χ3v) is 3.83. The zero-order chi connectivity index (χ0) is 16.1. The molecule has 0 spiro atoms. The fourth-order valence-corrected chi connectivity index (χ4v) is 2.64. The number of aromatic nitrogens is 2. The van der Waals surface area contributed by atoms with Crippen molar-refractivity contribution in [2.24, 2.45) is 0 Å². The maximum Gasteiger partial charge on any atom is 0.272 e. The lowest BCUT2D eigenvalue weighted by Gasteiger charge is -2.25. The molecule has 1 amide bonds. The molecule has 3 rings (SSSR count). The van der Waals surface area contributed by atoms with Crippen LogP contribution in [0.3, 0.4) is 0 Å². The maximum atomic E-state index is 12.8. The maximum absolute atomic E-state index is 12.8. The number of aromatic hydroxyl groups is 1. The number of amides is 1. The SMILES string of the molecule is O=C(c1ccc(O)cn1)N(Cc1ccncc1)C[C@H]1CCCO1. The molecular formula is C17H19N3O3. The smallest absolute Gasteiger partial charge is 0.272 e. The van der Waals surface area contributed by atoms with Crippen molar-refractivity contribution in [1.29, 1.82) is 0 Å². The summed E-state index contributed by atoms with van der Waals surface area (Å²) in [6, 6.07) is 6.78. The number of ether oxygens (including phenoxy) is 1. The lowest BCUT2D eigenvalue weighted by Crippen LogP contribution is -2.37. The van der Waals surface area contributed by atoms with Gasteiger partial charge in [0.05, 0.1) is 12.3 Å². The number of pyridine rings is 2. The van der Waals surface area contributed by atoms with Crippen molar-refractivity contribution >= 4 is 5.91 Å². The van der Waals surface area contributed by atoms with Crippen LogP contribution in [0.25, 0.3) is 0 Å². The number of hydrogen-bond donors (Lipinski definition) is 1. The molecule has 0 radical (unpaired) electrons. The van der Waals surface area contributed by atoms with Gasteiger partial charge < -0.3 is 14.7 Å². The second kappa shape index (κ2) is 7.19. The first kappa shape index (κ1) is 15.4. The van der Waals surface area contributed by atoms with Crippen LogP contribution < -0.4 is 0 Å². The van der Waals surface area contributed by atoms with E-state index in [1.807, 2.05) is 12.1 Å². The van der Waals surface area contributed by atoms with E-state index < -0.39 is 0 Å². The summed E-state index contributed by atoms with van der Waals surface area (Å²) < 4.78 is 5.66. The van der Waals surface area contributed by atoms with Crippen LogP contribution in [0.15, 0.2) is 42.9 Å². The summed E-state index contributed by atoms with van der Waals surface area (Å²) in [5, 5.41) is 9.33. The van der Waals surface area contributed by atoms with Crippen molar-refractivity contribution in [2.75, 3.05) is 13.2 Å². The molecule has 23 heavy (non-hydrogen) atoms. The van der Waals surface area contributed by atoms with E-state index in [0.717, 1.165) is 25.0 Å². The molecule has 120 valence electrons. The van der Waals surface area contributed by atoms with Gasteiger partial charge in [-0.3, -0.25) is 9.78 Å². The van der Waals surface area contributed by atoms with E-state index in [9.17, 15) is 9.90 Å². The molecule has 0 aromatic carbocycles. The summed E-state index contributed by atoms with van der Waals surface area (Å²) in [5.74, 6) is -0.126. The Morgan fingerprint density at radius 1 is 1.30 bits per heavy atom. The van der Waals surface area contributed by atoms with Crippen molar-refractivity contribution in [3.63, 3.8) is 0 Å². The Bertz CT molecular complexity index is 640. The molecule has 1 atom stereocenters. The second-order valence-electron chi connectivity index (χ2n) is 5.58. The lowest BCUT2D eigenvalue weighted by molar-refractivity contribution is 0.0503. The van der Waals surface area contributed by atoms with Crippen molar-refractivity contribution in [2.45, 2.75) is 25.5 Å². The molecule has 0 saturated carbocycles. The van der Waals surface area contributed by atoms with Gasteiger partial charge >= 0.3 is 0 Å². The highest BCUT2D eigenvalue weighted by molar-refractivity contribution is 5.92. The average molecular weight is 313 g/mol. The fourth-order valence-electron chi connectivity index (χ4n) is 2.64. The van der Waals surface area contributed by atoms with Gasteiger partial charge in [-0.1, -0.05) is 0 Å². The summed E-state index contributed by atoms with van der Waals surface area (Å²) >= 11 is 0. The average Bonchev–Trinajstić information content (AvgIpc) is 3.08. The summed E-state index contributed by atoms with van der Waals surface area (Å²) in [5.41, 5.74) is 1.32. The summed E-state index contributed by atoms with van der Waals surface area (Å²) in [6.45, 7) is 1.76. The highest BCUT2D eigenvalue weighted by Crippen LogP contribution is 2.17. The molecule has 2 aromatic heterocycles. The van der Waals surface area contributed by atoms with E-state index in [4.69, 9.17) is 4.74 Å². The standard InChI is InChI=1S/C17H19N3O3/c21-14-3-4-16(19-10-14)17(22)20(12-15-2-1-9-23-15)11-13-5-7-18-8-6-13/h3-8,10,15,21H,1-2,9,11-12H2/t15-/m1/s1. The van der Waals surface area contributed by atoms with Crippen LogP contribution >= 0.6 is 0 Å². The molecule has 6 heteroatoms. The zero-order valence-corrected chi connectivity index (χ0v) is 12.8. The Kier molecular flexibility index (Phi) is 4.83. The Hall–Kier alpha value is -2.47. The summed E-state index contributed by atoms with van der Waals surface area (Å²) in [6.07, 6.45) is 6.76. The van der Waals surface area contributed by atoms with Gasteiger partial charge in [0.15, 0.2) is 0 Å². The van der Waals surface area contributed by atoms with Gasteiger partial charge in [-0.2, -0.15) is 0 Å². The van der Waals surface area contributed by atoms with Gasteiger partial charge in [0, 0.05) is 32.1 Å². The lowest BCUT2D eigenvalue weighted by atomic mass is 10.2. The van der Waals surface area contributed by atoms with E-state index in [-0.39, 0.29) is 17.8 Å². The highest BCUT2D eigenvalue weighted by Gasteiger charge is 2.24.